The van der Waals surface area contributed by atoms with Gasteiger partial charge >= 0.3 is 12.0 Å². The van der Waals surface area contributed by atoms with E-state index >= 15 is 0 Å². The molecule has 1 saturated heterocycles. The third-order valence-electron chi connectivity index (χ3n) is 4.34. The van der Waals surface area contributed by atoms with Crippen LogP contribution in [-0.2, 0) is 11.3 Å². The number of likely N-dealkylation sites (tertiary alicyclic amines) is 1. The molecule has 0 bridgehead atoms. The number of hydrogen-bond acceptors (Lipinski definition) is 3. The summed E-state index contributed by atoms with van der Waals surface area (Å²) in [6, 6.07) is 3.50. The lowest BCUT2D eigenvalue weighted by Gasteiger charge is -2.31. The van der Waals surface area contributed by atoms with Gasteiger partial charge in [0.2, 0.25) is 0 Å². The summed E-state index contributed by atoms with van der Waals surface area (Å²) in [7, 11) is 0. The first-order valence-electron chi connectivity index (χ1n) is 7.40. The molecule has 1 aliphatic carbocycles. The fourth-order valence-corrected chi connectivity index (χ4v) is 3.72. The predicted molar refractivity (Wildman–Crippen MR) is 80.2 cm³/mol. The lowest BCUT2D eigenvalue weighted by molar-refractivity contribution is -0.142. The Balaban J connectivity index is 1.76. The molecule has 0 spiro atoms. The van der Waals surface area contributed by atoms with Crippen LogP contribution in [0.2, 0.25) is 0 Å². The van der Waals surface area contributed by atoms with Crippen molar-refractivity contribution in [1.82, 2.24) is 9.80 Å². The first-order valence-corrected chi connectivity index (χ1v) is 8.28. The molecule has 1 aromatic rings. The molecular weight excluding hydrogens is 288 g/mol. The van der Waals surface area contributed by atoms with Gasteiger partial charge in [-0.25, -0.2) is 9.59 Å². The van der Waals surface area contributed by atoms with Crippen LogP contribution in [-0.4, -0.2) is 45.5 Å². The smallest absolute Gasteiger partial charge is 0.326 e. The van der Waals surface area contributed by atoms with Gasteiger partial charge in [0.1, 0.15) is 6.04 Å². The minimum absolute atomic E-state index is 0.0224. The van der Waals surface area contributed by atoms with Gasteiger partial charge in [0.05, 0.1) is 6.54 Å². The number of hydrogen-bond donors (Lipinski definition) is 1. The third-order valence-corrected chi connectivity index (χ3v) is 5.20. The summed E-state index contributed by atoms with van der Waals surface area (Å²) in [5, 5.41) is 11.4. The molecule has 21 heavy (non-hydrogen) atoms. The first-order chi connectivity index (χ1) is 10.1. The van der Waals surface area contributed by atoms with E-state index in [4.69, 9.17) is 0 Å². The van der Waals surface area contributed by atoms with Gasteiger partial charge in [-0.1, -0.05) is 13.0 Å². The fraction of sp³-hybridized carbons (Fsp3) is 0.600. The largest absolute Gasteiger partial charge is 0.480 e. The van der Waals surface area contributed by atoms with Crippen LogP contribution < -0.4 is 0 Å². The molecule has 0 aromatic carbocycles. The van der Waals surface area contributed by atoms with Crippen molar-refractivity contribution in [3.63, 3.8) is 0 Å². The number of carboxylic acid groups (broad SMARTS) is 1. The molecule has 6 heteroatoms. The van der Waals surface area contributed by atoms with Crippen molar-refractivity contribution in [2.24, 2.45) is 5.92 Å². The van der Waals surface area contributed by atoms with Gasteiger partial charge in [0.25, 0.3) is 0 Å². The van der Waals surface area contributed by atoms with E-state index in [1.165, 1.54) is 0 Å². The number of amides is 2. The maximum absolute atomic E-state index is 12.8. The Morgan fingerprint density at radius 1 is 1.43 bits per heavy atom. The van der Waals surface area contributed by atoms with E-state index in [2.05, 4.69) is 0 Å². The average Bonchev–Trinajstić information content (AvgIpc) is 3.00. The van der Waals surface area contributed by atoms with Gasteiger partial charge in [-0.2, -0.15) is 0 Å². The van der Waals surface area contributed by atoms with Crippen LogP contribution in [0.15, 0.2) is 17.5 Å². The van der Waals surface area contributed by atoms with Crippen LogP contribution in [0.25, 0.3) is 0 Å². The average molecular weight is 308 g/mol. The molecule has 1 saturated carbocycles. The molecule has 5 nitrogen and oxygen atoms in total. The molecule has 2 aliphatic rings. The molecule has 2 atom stereocenters. The Bertz CT molecular complexity index is 527. The second kappa shape index (κ2) is 5.67. The molecule has 3 rings (SSSR count). The number of carboxylic acids is 1. The van der Waals surface area contributed by atoms with Gasteiger partial charge in [0, 0.05) is 17.5 Å². The van der Waals surface area contributed by atoms with Crippen molar-refractivity contribution in [3.8, 4) is 0 Å². The van der Waals surface area contributed by atoms with E-state index in [0.717, 1.165) is 24.1 Å². The van der Waals surface area contributed by atoms with Crippen molar-refractivity contribution < 1.29 is 14.7 Å². The maximum Gasteiger partial charge on any atom is 0.326 e. The quantitative estimate of drug-likeness (QED) is 0.930. The highest BCUT2D eigenvalue weighted by Gasteiger charge is 2.43. The predicted octanol–water partition coefficient (Wildman–Crippen LogP) is 2.63. The van der Waals surface area contributed by atoms with E-state index in [0.29, 0.717) is 13.1 Å². The molecule has 2 unspecified atom stereocenters. The first kappa shape index (κ1) is 14.4. The maximum atomic E-state index is 12.8. The van der Waals surface area contributed by atoms with Gasteiger partial charge in [-0.3, -0.25) is 0 Å². The van der Waals surface area contributed by atoms with Crippen molar-refractivity contribution in [2.75, 3.05) is 6.54 Å². The normalized spacial score (nSPS) is 25.1. The summed E-state index contributed by atoms with van der Waals surface area (Å²) < 4.78 is 0. The number of thiophene rings is 1. The summed E-state index contributed by atoms with van der Waals surface area (Å²) in [5.41, 5.74) is 0. The van der Waals surface area contributed by atoms with Gasteiger partial charge < -0.3 is 14.9 Å². The molecular formula is C15H20N2O3S. The summed E-state index contributed by atoms with van der Waals surface area (Å²) in [6.07, 6.45) is 2.82. The summed E-state index contributed by atoms with van der Waals surface area (Å²) >= 11 is 1.64. The second-order valence-electron chi connectivity index (χ2n) is 5.96. The number of rotatable bonds is 4. The van der Waals surface area contributed by atoms with E-state index in [-0.39, 0.29) is 18.0 Å². The Hall–Kier alpha value is -1.56. The van der Waals surface area contributed by atoms with E-state index in [1.807, 2.05) is 29.3 Å². The molecule has 1 aromatic heterocycles. The van der Waals surface area contributed by atoms with Crippen LogP contribution in [0.4, 0.5) is 4.79 Å². The van der Waals surface area contributed by atoms with Crippen molar-refractivity contribution in [3.05, 3.63) is 22.4 Å². The van der Waals surface area contributed by atoms with Gasteiger partial charge in [-0.05, 0) is 36.6 Å². The number of aliphatic carboxylic acids is 1. The standard InChI is InChI=1S/C15H20N2O3S/c1-10-6-7-16(13(10)14(18)19)15(20)17(11-4-5-11)9-12-3-2-8-21-12/h2-3,8,10-11,13H,4-7,9H2,1H3,(H,18,19). The zero-order chi connectivity index (χ0) is 15.0. The highest BCUT2D eigenvalue weighted by Crippen LogP contribution is 2.33. The fourth-order valence-electron chi connectivity index (χ4n) is 3.01. The monoisotopic (exact) mass is 308 g/mol. The Labute approximate surface area is 128 Å². The molecule has 114 valence electrons. The lowest BCUT2D eigenvalue weighted by Crippen LogP contribution is -2.49. The molecule has 0 radical (unpaired) electrons. The molecule has 1 N–H and O–H groups in total. The zero-order valence-electron chi connectivity index (χ0n) is 12.1. The number of carbonyl (C=O) groups is 2. The van der Waals surface area contributed by atoms with Crippen LogP contribution >= 0.6 is 11.3 Å². The van der Waals surface area contributed by atoms with E-state index in [9.17, 15) is 14.7 Å². The van der Waals surface area contributed by atoms with Crippen molar-refractivity contribution in [1.29, 1.82) is 0 Å². The lowest BCUT2D eigenvalue weighted by atomic mass is 10.0. The van der Waals surface area contributed by atoms with Crippen LogP contribution in [0.3, 0.4) is 0 Å². The number of carbonyl (C=O) groups excluding carboxylic acids is 1. The van der Waals surface area contributed by atoms with Crippen LogP contribution in [0.1, 0.15) is 31.1 Å². The van der Waals surface area contributed by atoms with Gasteiger partial charge in [-0.15, -0.1) is 11.3 Å². The second-order valence-corrected chi connectivity index (χ2v) is 7.00. The Morgan fingerprint density at radius 2 is 2.19 bits per heavy atom. The van der Waals surface area contributed by atoms with Gasteiger partial charge in [0.15, 0.2) is 0 Å². The minimum Gasteiger partial charge on any atom is -0.480 e. The molecule has 2 amide bonds. The SMILES string of the molecule is CC1CCN(C(=O)N(Cc2cccs2)C2CC2)C1C(=O)O. The molecule has 1 aliphatic heterocycles. The molecule has 2 fully saturated rings. The highest BCUT2D eigenvalue weighted by molar-refractivity contribution is 7.09. The van der Waals surface area contributed by atoms with Crippen molar-refractivity contribution in [2.45, 2.75) is 44.8 Å². The zero-order valence-corrected chi connectivity index (χ0v) is 12.9. The highest BCUT2D eigenvalue weighted by atomic mass is 32.1. The van der Waals surface area contributed by atoms with Crippen LogP contribution in [0.5, 0.6) is 0 Å². The minimum atomic E-state index is -0.889. The summed E-state index contributed by atoms with van der Waals surface area (Å²) in [4.78, 5) is 28.8. The Kier molecular flexibility index (Phi) is 3.89. The topological polar surface area (TPSA) is 60.9 Å². The number of urea groups is 1. The van der Waals surface area contributed by atoms with E-state index in [1.54, 1.807) is 16.2 Å². The van der Waals surface area contributed by atoms with Crippen LogP contribution in [0, 0.1) is 5.92 Å². The summed E-state index contributed by atoms with van der Waals surface area (Å²) in [5.74, 6) is -0.866. The number of nitrogens with zero attached hydrogens (tertiary/aromatic N) is 2. The Morgan fingerprint density at radius 3 is 2.76 bits per heavy atom. The molecule has 2 heterocycles. The summed E-state index contributed by atoms with van der Waals surface area (Å²) in [6.45, 7) is 3.05. The van der Waals surface area contributed by atoms with Crippen molar-refractivity contribution >= 4 is 23.3 Å². The van der Waals surface area contributed by atoms with E-state index < -0.39 is 12.0 Å². The third kappa shape index (κ3) is 2.90.